The van der Waals surface area contributed by atoms with Crippen LogP contribution in [-0.4, -0.2) is 35.0 Å². The topological polar surface area (TPSA) is 78.0 Å². The van der Waals surface area contributed by atoms with E-state index in [1.54, 1.807) is 24.7 Å². The summed E-state index contributed by atoms with van der Waals surface area (Å²) in [5.41, 5.74) is 0. The Morgan fingerprint density at radius 2 is 2.19 bits per heavy atom. The van der Waals surface area contributed by atoms with Crippen molar-refractivity contribution in [1.29, 1.82) is 0 Å². The van der Waals surface area contributed by atoms with Gasteiger partial charge in [-0.25, -0.2) is 14.5 Å². The Bertz CT molecular complexity index is 608. The van der Waals surface area contributed by atoms with Gasteiger partial charge in [-0.15, -0.1) is 5.10 Å². The molecule has 7 heteroatoms. The summed E-state index contributed by atoms with van der Waals surface area (Å²) in [5, 5.41) is 4.01. The minimum Gasteiger partial charge on any atom is -0.269 e. The van der Waals surface area contributed by atoms with Crippen LogP contribution in [0.4, 0.5) is 0 Å². The summed E-state index contributed by atoms with van der Waals surface area (Å²) in [7, 11) is 0. The Balaban J connectivity index is 2.10. The molecule has 0 aliphatic rings. The van der Waals surface area contributed by atoms with Crippen molar-refractivity contribution < 1.29 is 4.79 Å². The van der Waals surface area contributed by atoms with Crippen LogP contribution in [0.15, 0.2) is 37.2 Å². The SMILES string of the molecule is O=C(c1nc2ncccn2n1)n1ccnc1. The van der Waals surface area contributed by atoms with E-state index in [2.05, 4.69) is 20.1 Å². The Kier molecular flexibility index (Phi) is 1.76. The lowest BCUT2D eigenvalue weighted by Gasteiger charge is -1.92. The van der Waals surface area contributed by atoms with Crippen LogP contribution in [0.5, 0.6) is 0 Å². The van der Waals surface area contributed by atoms with E-state index in [9.17, 15) is 4.79 Å². The molecule has 3 rings (SSSR count). The lowest BCUT2D eigenvalue weighted by atomic mass is 10.5. The summed E-state index contributed by atoms with van der Waals surface area (Å²) in [5.74, 6) is 0.158. The van der Waals surface area contributed by atoms with Crippen molar-refractivity contribution in [3.63, 3.8) is 0 Å². The summed E-state index contributed by atoms with van der Waals surface area (Å²) in [6.45, 7) is 0. The van der Waals surface area contributed by atoms with Crippen LogP contribution >= 0.6 is 0 Å². The van der Waals surface area contributed by atoms with Crippen molar-refractivity contribution in [3.05, 3.63) is 43.0 Å². The number of hydrogen-bond donors (Lipinski definition) is 0. The molecule has 0 aliphatic carbocycles. The Hall–Kier alpha value is -2.57. The molecule has 0 amide bonds. The number of fused-ring (bicyclic) bond motifs is 1. The smallest absolute Gasteiger partial charge is 0.269 e. The van der Waals surface area contributed by atoms with Gasteiger partial charge in [0.25, 0.3) is 5.78 Å². The van der Waals surface area contributed by atoms with Gasteiger partial charge in [0, 0.05) is 24.8 Å². The van der Waals surface area contributed by atoms with E-state index in [-0.39, 0.29) is 11.7 Å². The third kappa shape index (κ3) is 1.26. The summed E-state index contributed by atoms with van der Waals surface area (Å²) >= 11 is 0. The molecule has 0 fully saturated rings. The molecule has 3 aromatic heterocycles. The molecule has 78 valence electrons. The van der Waals surface area contributed by atoms with E-state index in [0.717, 1.165) is 0 Å². The molecule has 0 N–H and O–H groups in total. The van der Waals surface area contributed by atoms with Crippen molar-refractivity contribution in [2.75, 3.05) is 0 Å². The van der Waals surface area contributed by atoms with E-state index in [1.165, 1.54) is 21.6 Å². The second kappa shape index (κ2) is 3.23. The molecule has 0 saturated heterocycles. The van der Waals surface area contributed by atoms with Gasteiger partial charge in [-0.05, 0) is 6.07 Å². The number of aromatic nitrogens is 6. The number of hydrogen-bond acceptors (Lipinski definition) is 5. The van der Waals surface area contributed by atoms with Crippen LogP contribution < -0.4 is 0 Å². The molecule has 3 aromatic rings. The molecule has 7 nitrogen and oxygen atoms in total. The highest BCUT2D eigenvalue weighted by atomic mass is 16.2. The largest absolute Gasteiger partial charge is 0.302 e. The first-order valence-electron chi connectivity index (χ1n) is 4.54. The zero-order chi connectivity index (χ0) is 11.0. The van der Waals surface area contributed by atoms with Crippen molar-refractivity contribution in [1.82, 2.24) is 29.1 Å². The molecule has 0 spiro atoms. The Morgan fingerprint density at radius 3 is 2.94 bits per heavy atom. The summed E-state index contributed by atoms with van der Waals surface area (Å²) in [4.78, 5) is 23.6. The number of carbonyl (C=O) groups excluding carboxylic acids is 1. The first-order valence-corrected chi connectivity index (χ1v) is 4.54. The van der Waals surface area contributed by atoms with Crippen molar-refractivity contribution in [2.24, 2.45) is 0 Å². The van der Waals surface area contributed by atoms with Gasteiger partial charge in [0.1, 0.15) is 6.33 Å². The second-order valence-corrected chi connectivity index (χ2v) is 3.07. The summed E-state index contributed by atoms with van der Waals surface area (Å²) < 4.78 is 2.76. The highest BCUT2D eigenvalue weighted by Gasteiger charge is 2.14. The zero-order valence-corrected chi connectivity index (χ0v) is 8.06. The molecular formula is C9H6N6O. The summed E-state index contributed by atoms with van der Waals surface area (Å²) in [6.07, 6.45) is 7.74. The molecule has 0 atom stereocenters. The highest BCUT2D eigenvalue weighted by molar-refractivity contribution is 5.92. The van der Waals surface area contributed by atoms with Gasteiger partial charge in [0.05, 0.1) is 0 Å². The fourth-order valence-electron chi connectivity index (χ4n) is 1.32. The Morgan fingerprint density at radius 1 is 1.25 bits per heavy atom. The first kappa shape index (κ1) is 8.72. The third-order valence-electron chi connectivity index (χ3n) is 2.05. The number of nitrogens with zero attached hydrogens (tertiary/aromatic N) is 6. The molecule has 0 unspecified atom stereocenters. The van der Waals surface area contributed by atoms with E-state index in [0.29, 0.717) is 5.78 Å². The highest BCUT2D eigenvalue weighted by Crippen LogP contribution is 1.99. The standard InChI is InChI=1S/C9H6N6O/c16-8(14-5-3-10-6-14)7-12-9-11-2-1-4-15(9)13-7/h1-6H. The maximum atomic E-state index is 11.8. The van der Waals surface area contributed by atoms with Gasteiger partial charge in [-0.2, -0.15) is 4.98 Å². The zero-order valence-electron chi connectivity index (χ0n) is 8.06. The summed E-state index contributed by atoms with van der Waals surface area (Å²) in [6, 6.07) is 1.72. The molecule has 0 aliphatic heterocycles. The van der Waals surface area contributed by atoms with Gasteiger partial charge in [0.15, 0.2) is 0 Å². The van der Waals surface area contributed by atoms with Crippen LogP contribution in [0.3, 0.4) is 0 Å². The van der Waals surface area contributed by atoms with Crippen LogP contribution in [0.25, 0.3) is 5.78 Å². The molecule has 16 heavy (non-hydrogen) atoms. The predicted octanol–water partition coefficient (Wildman–Crippen LogP) is 0.00930. The third-order valence-corrected chi connectivity index (χ3v) is 2.05. The fraction of sp³-hybridized carbons (Fsp3) is 0. The first-order chi connectivity index (χ1) is 7.84. The van der Waals surface area contributed by atoms with Crippen LogP contribution in [0, 0.1) is 0 Å². The van der Waals surface area contributed by atoms with Crippen LogP contribution in [0.2, 0.25) is 0 Å². The maximum Gasteiger partial charge on any atom is 0.302 e. The number of carbonyl (C=O) groups is 1. The fourth-order valence-corrected chi connectivity index (χ4v) is 1.32. The average molecular weight is 214 g/mol. The second-order valence-electron chi connectivity index (χ2n) is 3.07. The molecule has 0 saturated carbocycles. The van der Waals surface area contributed by atoms with Crippen molar-refractivity contribution in [3.8, 4) is 0 Å². The van der Waals surface area contributed by atoms with Crippen LogP contribution in [0.1, 0.15) is 10.6 Å². The maximum absolute atomic E-state index is 11.8. The van der Waals surface area contributed by atoms with Gasteiger partial charge in [0.2, 0.25) is 5.82 Å². The molecule has 0 bridgehead atoms. The predicted molar refractivity (Wildman–Crippen MR) is 52.7 cm³/mol. The van der Waals surface area contributed by atoms with Gasteiger partial charge >= 0.3 is 5.91 Å². The molecule has 3 heterocycles. The Labute approximate surface area is 89.4 Å². The van der Waals surface area contributed by atoms with Gasteiger partial charge < -0.3 is 0 Å². The monoisotopic (exact) mass is 214 g/mol. The molecule has 0 radical (unpaired) electrons. The van der Waals surface area contributed by atoms with E-state index < -0.39 is 0 Å². The van der Waals surface area contributed by atoms with Crippen molar-refractivity contribution in [2.45, 2.75) is 0 Å². The number of rotatable bonds is 1. The van der Waals surface area contributed by atoms with E-state index in [1.807, 2.05) is 0 Å². The van der Waals surface area contributed by atoms with E-state index in [4.69, 9.17) is 0 Å². The lowest BCUT2D eigenvalue weighted by Crippen LogP contribution is -2.11. The van der Waals surface area contributed by atoms with Crippen LogP contribution in [-0.2, 0) is 0 Å². The quantitative estimate of drug-likeness (QED) is 0.570. The average Bonchev–Trinajstić information content (AvgIpc) is 2.97. The van der Waals surface area contributed by atoms with E-state index >= 15 is 0 Å². The molecule has 0 aromatic carbocycles. The lowest BCUT2D eigenvalue weighted by molar-refractivity contribution is 0.0949. The van der Waals surface area contributed by atoms with Gasteiger partial charge in [-0.3, -0.25) is 9.36 Å². The normalized spacial score (nSPS) is 10.8. The molecular weight excluding hydrogens is 208 g/mol. The minimum absolute atomic E-state index is 0.0942. The van der Waals surface area contributed by atoms with Gasteiger partial charge in [-0.1, -0.05) is 0 Å². The number of imidazole rings is 1. The minimum atomic E-state index is -0.331. The van der Waals surface area contributed by atoms with Crippen molar-refractivity contribution >= 4 is 11.7 Å².